The highest BCUT2D eigenvalue weighted by molar-refractivity contribution is 5.99. The Hall–Kier alpha value is -3.81. The number of benzene rings is 2. The van der Waals surface area contributed by atoms with Gasteiger partial charge in [0.1, 0.15) is 17.7 Å². The molecule has 0 aliphatic carbocycles. The SMILES string of the molecule is COc1ccnc(C(=O)C[C@@H](C)C(=O)O[C@@H](C)C(c2ccc(F)cc2)c2ccc(F)cc2)c1O. The van der Waals surface area contributed by atoms with Crippen molar-refractivity contribution >= 4 is 11.8 Å². The van der Waals surface area contributed by atoms with Gasteiger partial charge in [-0.15, -0.1) is 0 Å². The third-order valence-corrected chi connectivity index (χ3v) is 5.49. The Balaban J connectivity index is 1.76. The molecule has 0 bridgehead atoms. The number of ether oxygens (including phenoxy) is 2. The molecule has 3 aromatic rings. The van der Waals surface area contributed by atoms with Crippen molar-refractivity contribution in [2.75, 3.05) is 7.11 Å². The van der Waals surface area contributed by atoms with Crippen molar-refractivity contribution in [2.24, 2.45) is 5.92 Å². The maximum atomic E-state index is 13.5. The molecule has 0 amide bonds. The standard InChI is InChI=1S/C26H25F2NO5/c1-15(14-21(30)24-25(31)22(33-3)12-13-29-24)26(32)34-16(2)23(17-4-8-19(27)9-5-17)18-6-10-20(28)11-7-18/h4-13,15-16,23,31H,14H2,1-3H3/t15-,16+/m1/s1. The molecule has 178 valence electrons. The zero-order valence-corrected chi connectivity index (χ0v) is 19.0. The number of Topliss-reactive ketones (excluding diaryl/α,β-unsaturated/α-hetero) is 1. The maximum absolute atomic E-state index is 13.5. The lowest BCUT2D eigenvalue weighted by Crippen LogP contribution is -2.28. The number of carbonyl (C=O) groups is 2. The molecule has 8 heteroatoms. The molecule has 0 saturated heterocycles. The van der Waals surface area contributed by atoms with Crippen molar-refractivity contribution in [2.45, 2.75) is 32.3 Å². The van der Waals surface area contributed by atoms with Crippen molar-refractivity contribution in [3.05, 3.63) is 89.2 Å². The van der Waals surface area contributed by atoms with Crippen LogP contribution in [0.25, 0.3) is 0 Å². The first kappa shape index (κ1) is 24.8. The zero-order chi connectivity index (χ0) is 24.8. The summed E-state index contributed by atoms with van der Waals surface area (Å²) in [5, 5.41) is 10.1. The predicted molar refractivity (Wildman–Crippen MR) is 121 cm³/mol. The molecule has 1 heterocycles. The van der Waals surface area contributed by atoms with E-state index in [9.17, 15) is 23.5 Å². The fourth-order valence-corrected chi connectivity index (χ4v) is 3.71. The first-order valence-electron chi connectivity index (χ1n) is 10.7. The van der Waals surface area contributed by atoms with Crippen LogP contribution in [0.4, 0.5) is 8.78 Å². The van der Waals surface area contributed by atoms with E-state index in [1.165, 1.54) is 50.6 Å². The van der Waals surface area contributed by atoms with Crippen molar-refractivity contribution < 1.29 is 33.0 Å². The molecule has 0 unspecified atom stereocenters. The highest BCUT2D eigenvalue weighted by Gasteiger charge is 2.29. The average Bonchev–Trinajstić information content (AvgIpc) is 2.81. The second kappa shape index (κ2) is 10.9. The number of hydrogen-bond donors (Lipinski definition) is 1. The van der Waals surface area contributed by atoms with E-state index in [0.29, 0.717) is 11.1 Å². The monoisotopic (exact) mass is 469 g/mol. The fourth-order valence-electron chi connectivity index (χ4n) is 3.71. The minimum Gasteiger partial charge on any atom is -0.503 e. The summed E-state index contributed by atoms with van der Waals surface area (Å²) in [5.41, 5.74) is 1.17. The molecule has 3 rings (SSSR count). The molecule has 0 fully saturated rings. The van der Waals surface area contributed by atoms with Crippen LogP contribution in [0.3, 0.4) is 0 Å². The van der Waals surface area contributed by atoms with E-state index in [0.717, 1.165) is 0 Å². The highest BCUT2D eigenvalue weighted by atomic mass is 19.1. The molecule has 0 aliphatic heterocycles. The van der Waals surface area contributed by atoms with Gasteiger partial charge < -0.3 is 14.6 Å². The van der Waals surface area contributed by atoms with Crippen LogP contribution in [0.15, 0.2) is 60.8 Å². The molecule has 0 spiro atoms. The number of ketones is 1. The van der Waals surface area contributed by atoms with Crippen molar-refractivity contribution in [3.8, 4) is 11.5 Å². The van der Waals surface area contributed by atoms with Gasteiger partial charge in [-0.05, 0) is 42.3 Å². The molecular formula is C26H25F2NO5. The Kier molecular flexibility index (Phi) is 7.94. The summed E-state index contributed by atoms with van der Waals surface area (Å²) >= 11 is 0. The first-order chi connectivity index (χ1) is 16.2. The van der Waals surface area contributed by atoms with E-state index in [4.69, 9.17) is 9.47 Å². The minimum absolute atomic E-state index is 0.101. The third-order valence-electron chi connectivity index (χ3n) is 5.49. The maximum Gasteiger partial charge on any atom is 0.309 e. The molecule has 0 radical (unpaired) electrons. The number of carbonyl (C=O) groups excluding carboxylic acids is 2. The number of nitrogens with zero attached hydrogens (tertiary/aromatic N) is 1. The number of halogens is 2. The number of methoxy groups -OCH3 is 1. The fraction of sp³-hybridized carbons (Fsp3) is 0.269. The molecular weight excluding hydrogens is 444 g/mol. The normalized spacial score (nSPS) is 12.8. The van der Waals surface area contributed by atoms with Gasteiger partial charge in [-0.1, -0.05) is 31.2 Å². The Morgan fingerprint density at radius 1 is 0.941 bits per heavy atom. The summed E-state index contributed by atoms with van der Waals surface area (Å²) in [6.45, 7) is 3.22. The largest absolute Gasteiger partial charge is 0.503 e. The molecule has 2 aromatic carbocycles. The lowest BCUT2D eigenvalue weighted by atomic mass is 9.87. The topological polar surface area (TPSA) is 85.7 Å². The van der Waals surface area contributed by atoms with Crippen LogP contribution in [0.2, 0.25) is 0 Å². The third kappa shape index (κ3) is 5.75. The van der Waals surface area contributed by atoms with Gasteiger partial charge in [0.15, 0.2) is 23.0 Å². The van der Waals surface area contributed by atoms with Gasteiger partial charge >= 0.3 is 5.97 Å². The number of hydrogen-bond acceptors (Lipinski definition) is 6. The molecule has 1 aromatic heterocycles. The van der Waals surface area contributed by atoms with Crippen LogP contribution in [-0.2, 0) is 9.53 Å². The van der Waals surface area contributed by atoms with Crippen molar-refractivity contribution in [1.82, 2.24) is 4.98 Å². The Bertz CT molecular complexity index is 1100. The minimum atomic E-state index is -0.829. The number of esters is 1. The average molecular weight is 469 g/mol. The summed E-state index contributed by atoms with van der Waals surface area (Å²) in [4.78, 5) is 29.3. The van der Waals surface area contributed by atoms with Crippen LogP contribution >= 0.6 is 0 Å². The van der Waals surface area contributed by atoms with Crippen molar-refractivity contribution in [3.63, 3.8) is 0 Å². The molecule has 2 atom stereocenters. The van der Waals surface area contributed by atoms with E-state index < -0.39 is 47.1 Å². The van der Waals surface area contributed by atoms with Gasteiger partial charge in [0, 0.05) is 24.6 Å². The number of aromatic nitrogens is 1. The van der Waals surface area contributed by atoms with Crippen molar-refractivity contribution in [1.29, 1.82) is 0 Å². The lowest BCUT2D eigenvalue weighted by molar-refractivity contribution is -0.153. The quantitative estimate of drug-likeness (QED) is 0.349. The summed E-state index contributed by atoms with van der Waals surface area (Å²) in [7, 11) is 1.35. The van der Waals surface area contributed by atoms with E-state index in [2.05, 4.69) is 4.98 Å². The number of rotatable bonds is 9. The number of pyridine rings is 1. The van der Waals surface area contributed by atoms with Gasteiger partial charge in [-0.25, -0.2) is 13.8 Å². The Morgan fingerprint density at radius 3 is 1.97 bits per heavy atom. The van der Waals surface area contributed by atoms with Crippen LogP contribution in [-0.4, -0.2) is 35.1 Å². The predicted octanol–water partition coefficient (Wildman–Crippen LogP) is 5.05. The van der Waals surface area contributed by atoms with E-state index >= 15 is 0 Å². The number of aromatic hydroxyl groups is 1. The molecule has 0 saturated carbocycles. The van der Waals surface area contributed by atoms with E-state index in [1.54, 1.807) is 31.2 Å². The molecule has 6 nitrogen and oxygen atoms in total. The summed E-state index contributed by atoms with van der Waals surface area (Å²) < 4.78 is 37.6. The highest BCUT2D eigenvalue weighted by Crippen LogP contribution is 2.32. The smallest absolute Gasteiger partial charge is 0.309 e. The summed E-state index contributed by atoms with van der Waals surface area (Å²) in [6.07, 6.45) is 0.383. The van der Waals surface area contributed by atoms with E-state index in [1.807, 2.05) is 0 Å². The Morgan fingerprint density at radius 2 is 1.47 bits per heavy atom. The first-order valence-corrected chi connectivity index (χ1v) is 10.7. The van der Waals surface area contributed by atoms with Crippen LogP contribution in [0, 0.1) is 17.6 Å². The molecule has 0 aliphatic rings. The van der Waals surface area contributed by atoms with Gasteiger partial charge in [-0.3, -0.25) is 9.59 Å². The van der Waals surface area contributed by atoms with Crippen LogP contribution in [0.1, 0.15) is 47.8 Å². The zero-order valence-electron chi connectivity index (χ0n) is 19.0. The molecule has 34 heavy (non-hydrogen) atoms. The van der Waals surface area contributed by atoms with Crippen LogP contribution in [0.5, 0.6) is 11.5 Å². The van der Waals surface area contributed by atoms with E-state index in [-0.39, 0.29) is 17.9 Å². The Labute approximate surface area is 196 Å². The second-order valence-corrected chi connectivity index (χ2v) is 7.96. The second-order valence-electron chi connectivity index (χ2n) is 7.96. The van der Waals surface area contributed by atoms with Gasteiger partial charge in [-0.2, -0.15) is 0 Å². The van der Waals surface area contributed by atoms with Gasteiger partial charge in [0.2, 0.25) is 0 Å². The summed E-state index contributed by atoms with van der Waals surface area (Å²) in [6, 6.07) is 12.9. The van der Waals surface area contributed by atoms with Gasteiger partial charge in [0.25, 0.3) is 0 Å². The lowest BCUT2D eigenvalue weighted by Gasteiger charge is -2.26. The summed E-state index contributed by atoms with van der Waals surface area (Å²) in [5.74, 6) is -3.60. The van der Waals surface area contributed by atoms with Gasteiger partial charge in [0.05, 0.1) is 13.0 Å². The van der Waals surface area contributed by atoms with Crippen LogP contribution < -0.4 is 4.74 Å². The molecule has 1 N–H and O–H groups in total.